The number of ether oxygens (including phenoxy) is 2. The summed E-state index contributed by atoms with van der Waals surface area (Å²) in [4.78, 5) is 50.7. The van der Waals surface area contributed by atoms with E-state index in [1.165, 1.54) is 0 Å². The second-order valence-corrected chi connectivity index (χ2v) is 12.7. The van der Waals surface area contributed by atoms with Crippen molar-refractivity contribution in [2.45, 2.75) is 65.0 Å². The molecule has 2 unspecified atom stereocenters. The fraction of sp³-hybridized carbons (Fsp3) is 0.351. The van der Waals surface area contributed by atoms with Crippen molar-refractivity contribution in [2.75, 3.05) is 18.5 Å². The summed E-state index contributed by atoms with van der Waals surface area (Å²) in [5, 5.41) is 16.1. The van der Waals surface area contributed by atoms with Crippen LogP contribution in [0.15, 0.2) is 85.2 Å². The molecule has 2 heterocycles. The Morgan fingerprint density at radius 2 is 1.67 bits per heavy atom. The van der Waals surface area contributed by atoms with Crippen LogP contribution in [-0.4, -0.2) is 57.1 Å². The number of anilines is 1. The molecule has 0 aliphatic heterocycles. The summed E-state index contributed by atoms with van der Waals surface area (Å²) in [7, 11) is 0. The molecular formula is C37H44N6O6. The Morgan fingerprint density at radius 3 is 2.31 bits per heavy atom. The van der Waals surface area contributed by atoms with Gasteiger partial charge in [-0.3, -0.25) is 14.4 Å². The lowest BCUT2D eigenvalue weighted by Crippen LogP contribution is -2.44. The van der Waals surface area contributed by atoms with E-state index in [1.807, 2.05) is 70.2 Å². The van der Waals surface area contributed by atoms with Crippen LogP contribution in [0.4, 0.5) is 5.82 Å². The number of unbranched alkanes of at least 4 members (excludes halogenated alkanes) is 1. The summed E-state index contributed by atoms with van der Waals surface area (Å²) in [6, 6.07) is 20.6. The SMILES string of the molecule is CCCCOC(=O)C(N)CNC(=O)c1ccc(C(CC(=O)O)(c2ccnc(Oc3ccc(CNc4ccccn4)cc3)n2)C(C)(C)C)cc1. The number of amides is 1. The van der Waals surface area contributed by atoms with Crippen LogP contribution in [0.5, 0.6) is 11.8 Å². The first-order valence-corrected chi connectivity index (χ1v) is 16.2. The number of rotatable bonds is 16. The Morgan fingerprint density at radius 1 is 0.939 bits per heavy atom. The van der Waals surface area contributed by atoms with Gasteiger partial charge in [0, 0.05) is 31.0 Å². The third-order valence-corrected chi connectivity index (χ3v) is 8.21. The molecule has 4 rings (SSSR count). The zero-order chi connectivity index (χ0) is 35.4. The van der Waals surface area contributed by atoms with Crippen molar-refractivity contribution >= 4 is 23.7 Å². The highest BCUT2D eigenvalue weighted by molar-refractivity contribution is 5.94. The van der Waals surface area contributed by atoms with Crippen LogP contribution >= 0.6 is 0 Å². The van der Waals surface area contributed by atoms with E-state index in [-0.39, 0.29) is 25.6 Å². The van der Waals surface area contributed by atoms with Gasteiger partial charge >= 0.3 is 17.9 Å². The molecule has 1 amide bonds. The van der Waals surface area contributed by atoms with Gasteiger partial charge in [0.1, 0.15) is 17.6 Å². The molecule has 4 aromatic rings. The van der Waals surface area contributed by atoms with Crippen molar-refractivity contribution in [3.8, 4) is 11.8 Å². The Hall–Kier alpha value is -5.36. The van der Waals surface area contributed by atoms with E-state index in [2.05, 4.69) is 20.6 Å². The summed E-state index contributed by atoms with van der Waals surface area (Å²) in [6.07, 6.45) is 4.60. The topological polar surface area (TPSA) is 179 Å². The van der Waals surface area contributed by atoms with Crippen LogP contribution in [0.1, 0.15) is 74.1 Å². The van der Waals surface area contributed by atoms with Crippen LogP contribution in [0.25, 0.3) is 0 Å². The van der Waals surface area contributed by atoms with Crippen molar-refractivity contribution in [3.63, 3.8) is 0 Å². The van der Waals surface area contributed by atoms with Crippen molar-refractivity contribution in [1.29, 1.82) is 0 Å². The molecule has 0 aliphatic carbocycles. The van der Waals surface area contributed by atoms with E-state index < -0.39 is 34.7 Å². The molecule has 2 aromatic heterocycles. The minimum atomic E-state index is -1.14. The van der Waals surface area contributed by atoms with Crippen molar-refractivity contribution < 1.29 is 29.0 Å². The van der Waals surface area contributed by atoms with Gasteiger partial charge < -0.3 is 30.9 Å². The molecule has 0 spiro atoms. The number of nitrogens with zero attached hydrogens (tertiary/aromatic N) is 3. The number of hydrogen-bond acceptors (Lipinski definition) is 10. The summed E-state index contributed by atoms with van der Waals surface area (Å²) in [5.41, 5.74) is 6.53. The lowest BCUT2D eigenvalue weighted by atomic mass is 9.59. The quantitative estimate of drug-likeness (QED) is 0.0877. The Bertz CT molecular complexity index is 1690. The third kappa shape index (κ3) is 9.60. The van der Waals surface area contributed by atoms with Crippen LogP contribution in [0, 0.1) is 5.41 Å². The first-order chi connectivity index (χ1) is 23.4. The number of esters is 1. The molecule has 0 saturated heterocycles. The van der Waals surface area contributed by atoms with Crippen LogP contribution in [-0.2, 0) is 26.3 Å². The van der Waals surface area contributed by atoms with E-state index in [0.717, 1.165) is 24.2 Å². The maximum absolute atomic E-state index is 12.9. The lowest BCUT2D eigenvalue weighted by Gasteiger charge is -2.44. The number of benzene rings is 2. The van der Waals surface area contributed by atoms with Gasteiger partial charge in [-0.2, -0.15) is 4.98 Å². The molecule has 0 fully saturated rings. The van der Waals surface area contributed by atoms with E-state index in [0.29, 0.717) is 29.1 Å². The molecule has 12 heteroatoms. The average molecular weight is 669 g/mol. The maximum atomic E-state index is 12.9. The fourth-order valence-electron chi connectivity index (χ4n) is 5.44. The van der Waals surface area contributed by atoms with Gasteiger partial charge in [-0.25, -0.2) is 9.97 Å². The van der Waals surface area contributed by atoms with Gasteiger partial charge in [0.15, 0.2) is 0 Å². The number of carboxylic acid groups (broad SMARTS) is 1. The minimum absolute atomic E-state index is 0.0661. The number of carbonyl (C=O) groups is 3. The van der Waals surface area contributed by atoms with Crippen molar-refractivity contribution in [3.05, 3.63) is 108 Å². The fourth-order valence-corrected chi connectivity index (χ4v) is 5.44. The third-order valence-electron chi connectivity index (χ3n) is 8.21. The number of pyridine rings is 1. The first kappa shape index (κ1) is 36.5. The van der Waals surface area contributed by atoms with Crippen LogP contribution in [0.2, 0.25) is 0 Å². The molecule has 2 aromatic carbocycles. The molecule has 5 N–H and O–H groups in total. The van der Waals surface area contributed by atoms with Gasteiger partial charge in [0.2, 0.25) is 0 Å². The molecule has 49 heavy (non-hydrogen) atoms. The molecule has 0 aliphatic rings. The summed E-state index contributed by atoms with van der Waals surface area (Å²) in [6.45, 7) is 8.58. The average Bonchev–Trinajstić information content (AvgIpc) is 3.09. The predicted octanol–water partition coefficient (Wildman–Crippen LogP) is 5.48. The standard InChI is InChI=1S/C37H44N6O6/c1-5-6-21-48-34(47)29(38)24-42-33(46)26-12-14-27(15-13-26)37(22-32(44)45,36(2,3)4)30-18-20-40-35(43-30)49-28-16-10-25(11-17-28)23-41-31-9-7-8-19-39-31/h7-20,29H,5-6,21-24,38H2,1-4H3,(H,39,41)(H,42,46)(H,44,45). The van der Waals surface area contributed by atoms with E-state index in [1.54, 1.807) is 42.7 Å². The second-order valence-electron chi connectivity index (χ2n) is 12.7. The van der Waals surface area contributed by atoms with E-state index >= 15 is 0 Å². The Kier molecular flexibility index (Phi) is 12.4. The molecule has 0 saturated carbocycles. The number of aliphatic carboxylic acids is 1. The van der Waals surface area contributed by atoms with E-state index in [9.17, 15) is 19.5 Å². The number of nitrogens with two attached hydrogens (primary N) is 1. The van der Waals surface area contributed by atoms with Crippen molar-refractivity contribution in [1.82, 2.24) is 20.3 Å². The summed E-state index contributed by atoms with van der Waals surface area (Å²) < 4.78 is 11.2. The zero-order valence-corrected chi connectivity index (χ0v) is 28.3. The molecular weight excluding hydrogens is 624 g/mol. The molecule has 2 atom stereocenters. The Balaban J connectivity index is 1.53. The zero-order valence-electron chi connectivity index (χ0n) is 28.3. The minimum Gasteiger partial charge on any atom is -0.481 e. The largest absolute Gasteiger partial charge is 0.481 e. The van der Waals surface area contributed by atoms with Gasteiger partial charge in [-0.1, -0.05) is 64.4 Å². The number of carbonyl (C=O) groups excluding carboxylic acids is 2. The molecule has 0 radical (unpaired) electrons. The van der Waals surface area contributed by atoms with Gasteiger partial charge in [-0.05, 0) is 65.4 Å². The van der Waals surface area contributed by atoms with E-state index in [4.69, 9.17) is 20.2 Å². The van der Waals surface area contributed by atoms with Crippen molar-refractivity contribution in [2.24, 2.45) is 11.1 Å². The molecule has 12 nitrogen and oxygen atoms in total. The van der Waals surface area contributed by atoms with Gasteiger partial charge in [0.25, 0.3) is 5.91 Å². The van der Waals surface area contributed by atoms with Crippen LogP contribution in [0.3, 0.4) is 0 Å². The van der Waals surface area contributed by atoms with Gasteiger partial charge in [0.05, 0.1) is 24.1 Å². The maximum Gasteiger partial charge on any atom is 0.324 e. The Labute approximate surface area is 286 Å². The second kappa shape index (κ2) is 16.6. The highest BCUT2D eigenvalue weighted by Gasteiger charge is 2.48. The highest BCUT2D eigenvalue weighted by atomic mass is 16.5. The normalized spacial score (nSPS) is 13.1. The van der Waals surface area contributed by atoms with Crippen LogP contribution < -0.4 is 21.1 Å². The highest BCUT2D eigenvalue weighted by Crippen LogP contribution is 2.49. The molecule has 258 valence electrons. The lowest BCUT2D eigenvalue weighted by molar-refractivity contribution is -0.145. The number of hydrogen-bond donors (Lipinski definition) is 4. The summed E-state index contributed by atoms with van der Waals surface area (Å²) >= 11 is 0. The number of aromatic nitrogens is 3. The summed E-state index contributed by atoms with van der Waals surface area (Å²) in [5.74, 6) is -0.739. The number of carboxylic acids is 1. The smallest absolute Gasteiger partial charge is 0.324 e. The molecule has 0 bridgehead atoms. The first-order valence-electron chi connectivity index (χ1n) is 16.2. The predicted molar refractivity (Wildman–Crippen MR) is 185 cm³/mol. The monoisotopic (exact) mass is 668 g/mol. The number of nitrogens with one attached hydrogen (secondary N) is 2. The van der Waals surface area contributed by atoms with Gasteiger partial charge in [-0.15, -0.1) is 0 Å².